The minimum atomic E-state index is -0.247. The largest absolute Gasteiger partial charge is 0.358 e. The smallest absolute Gasteiger partial charge is 0.181 e. The number of aromatic nitrogens is 5. The fraction of sp³-hybridized carbons (Fsp3) is 0.129. The SMILES string of the molecule is C=C(Nc1cncc(-c2cnc3n[nH]c(-c4cc5c(-c6ccc(F)cc6)cccc5[nH]4)c3c2)c1)C1CCC1. The maximum absolute atomic E-state index is 13.5. The molecule has 3 N–H and O–H groups in total. The Bertz CT molecular complexity index is 1810. The normalized spacial score (nSPS) is 13.6. The predicted molar refractivity (Wildman–Crippen MR) is 150 cm³/mol. The van der Waals surface area contributed by atoms with E-state index in [0.29, 0.717) is 11.6 Å². The summed E-state index contributed by atoms with van der Waals surface area (Å²) in [5.41, 5.74) is 9.29. The summed E-state index contributed by atoms with van der Waals surface area (Å²) in [6, 6.07) is 18.9. The number of nitrogens with one attached hydrogen (secondary N) is 3. The lowest BCUT2D eigenvalue weighted by molar-refractivity contribution is 0.371. The Labute approximate surface area is 218 Å². The number of anilines is 1. The number of hydrogen-bond acceptors (Lipinski definition) is 4. The number of benzene rings is 2. The molecule has 7 heteroatoms. The lowest BCUT2D eigenvalue weighted by Gasteiger charge is -2.28. The molecule has 0 unspecified atom stereocenters. The van der Waals surface area contributed by atoms with Crippen molar-refractivity contribution in [2.45, 2.75) is 19.3 Å². The average molecular weight is 501 g/mol. The molecule has 2 aromatic carbocycles. The van der Waals surface area contributed by atoms with Gasteiger partial charge in [0.2, 0.25) is 0 Å². The summed E-state index contributed by atoms with van der Waals surface area (Å²) in [6.45, 7) is 4.22. The number of halogens is 1. The Kier molecular flexibility index (Phi) is 5.28. The molecule has 186 valence electrons. The van der Waals surface area contributed by atoms with E-state index in [1.54, 1.807) is 12.1 Å². The Morgan fingerprint density at radius 2 is 1.76 bits per heavy atom. The van der Waals surface area contributed by atoms with E-state index in [-0.39, 0.29) is 5.82 Å². The standard InChI is InChI=1S/C31H25FN6/c1-18(19-4-2-5-19)35-24-12-21(15-33-17-24)22-13-27-30(37-38-31(27)34-16-22)29-14-26-25(6-3-7-28(26)36-29)20-8-10-23(32)11-9-20/h3,6-17,19,35-36H,1-2,4-5H2,(H,34,37,38). The highest BCUT2D eigenvalue weighted by Gasteiger charge is 2.21. The first kappa shape index (κ1) is 22.4. The van der Waals surface area contributed by atoms with Crippen LogP contribution in [0.2, 0.25) is 0 Å². The first-order valence-electron chi connectivity index (χ1n) is 12.8. The minimum absolute atomic E-state index is 0.247. The van der Waals surface area contributed by atoms with Gasteiger partial charge in [-0.15, -0.1) is 0 Å². The number of aromatic amines is 2. The molecule has 1 aliphatic carbocycles. The maximum Gasteiger partial charge on any atom is 0.181 e. The molecule has 1 fully saturated rings. The molecule has 0 aliphatic heterocycles. The van der Waals surface area contributed by atoms with Crippen LogP contribution in [0.1, 0.15) is 19.3 Å². The van der Waals surface area contributed by atoms with Crippen molar-refractivity contribution >= 4 is 27.6 Å². The summed E-state index contributed by atoms with van der Waals surface area (Å²) < 4.78 is 13.5. The monoisotopic (exact) mass is 500 g/mol. The van der Waals surface area contributed by atoms with Crippen LogP contribution in [0.15, 0.2) is 91.5 Å². The second-order valence-corrected chi connectivity index (χ2v) is 9.89. The van der Waals surface area contributed by atoms with Crippen molar-refractivity contribution in [3.8, 4) is 33.6 Å². The van der Waals surface area contributed by atoms with E-state index in [2.05, 4.69) is 55.2 Å². The van der Waals surface area contributed by atoms with Crippen LogP contribution in [0.4, 0.5) is 10.1 Å². The van der Waals surface area contributed by atoms with Crippen LogP contribution in [-0.4, -0.2) is 25.1 Å². The molecule has 0 amide bonds. The van der Waals surface area contributed by atoms with E-state index in [4.69, 9.17) is 0 Å². The number of nitrogens with zero attached hydrogens (tertiary/aromatic N) is 3. The van der Waals surface area contributed by atoms with Gasteiger partial charge in [0, 0.05) is 45.5 Å². The fourth-order valence-electron chi connectivity index (χ4n) is 5.14. The van der Waals surface area contributed by atoms with Gasteiger partial charge in [-0.3, -0.25) is 10.1 Å². The number of fused-ring (bicyclic) bond motifs is 2. The number of pyridine rings is 2. The highest BCUT2D eigenvalue weighted by molar-refractivity contribution is 6.01. The maximum atomic E-state index is 13.5. The highest BCUT2D eigenvalue weighted by Crippen LogP contribution is 2.36. The van der Waals surface area contributed by atoms with Gasteiger partial charge >= 0.3 is 0 Å². The van der Waals surface area contributed by atoms with E-state index in [1.807, 2.05) is 36.8 Å². The Morgan fingerprint density at radius 1 is 0.921 bits per heavy atom. The molecule has 0 spiro atoms. The molecule has 0 radical (unpaired) electrons. The van der Waals surface area contributed by atoms with Crippen molar-refractivity contribution in [1.82, 2.24) is 25.1 Å². The van der Waals surface area contributed by atoms with Crippen LogP contribution in [0.25, 0.3) is 55.6 Å². The van der Waals surface area contributed by atoms with Crippen molar-refractivity contribution in [3.05, 3.63) is 97.3 Å². The zero-order chi connectivity index (χ0) is 25.6. The molecular formula is C31H25FN6. The Balaban J connectivity index is 1.26. The topological polar surface area (TPSA) is 82.3 Å². The molecular weight excluding hydrogens is 475 g/mol. The molecule has 0 saturated heterocycles. The van der Waals surface area contributed by atoms with Crippen molar-refractivity contribution < 1.29 is 4.39 Å². The summed E-state index contributed by atoms with van der Waals surface area (Å²) in [4.78, 5) is 12.6. The average Bonchev–Trinajstić information content (AvgIpc) is 3.52. The van der Waals surface area contributed by atoms with Gasteiger partial charge in [-0.1, -0.05) is 37.3 Å². The van der Waals surface area contributed by atoms with Crippen LogP contribution in [0.3, 0.4) is 0 Å². The molecule has 0 atom stereocenters. The van der Waals surface area contributed by atoms with Crippen LogP contribution >= 0.6 is 0 Å². The minimum Gasteiger partial charge on any atom is -0.358 e. The van der Waals surface area contributed by atoms with Crippen molar-refractivity contribution in [2.75, 3.05) is 5.32 Å². The highest BCUT2D eigenvalue weighted by atomic mass is 19.1. The molecule has 1 aliphatic rings. The van der Waals surface area contributed by atoms with Gasteiger partial charge in [0.1, 0.15) is 5.82 Å². The molecule has 1 saturated carbocycles. The summed E-state index contributed by atoms with van der Waals surface area (Å²) >= 11 is 0. The molecule has 7 rings (SSSR count). The van der Waals surface area contributed by atoms with Crippen LogP contribution < -0.4 is 5.32 Å². The number of rotatable bonds is 6. The third-order valence-corrected chi connectivity index (χ3v) is 7.47. The van der Waals surface area contributed by atoms with Crippen LogP contribution in [0, 0.1) is 11.7 Å². The van der Waals surface area contributed by atoms with Crippen molar-refractivity contribution in [2.24, 2.45) is 5.92 Å². The third-order valence-electron chi connectivity index (χ3n) is 7.47. The Hall–Kier alpha value is -4.78. The van der Waals surface area contributed by atoms with E-state index < -0.39 is 0 Å². The molecule has 4 aromatic heterocycles. The quantitative estimate of drug-likeness (QED) is 0.219. The molecule has 4 heterocycles. The third kappa shape index (κ3) is 3.93. The van der Waals surface area contributed by atoms with Crippen LogP contribution in [-0.2, 0) is 0 Å². The van der Waals surface area contributed by atoms with E-state index in [9.17, 15) is 4.39 Å². The van der Waals surface area contributed by atoms with Gasteiger partial charge in [-0.05, 0) is 66.3 Å². The van der Waals surface area contributed by atoms with E-state index in [0.717, 1.165) is 61.3 Å². The molecule has 38 heavy (non-hydrogen) atoms. The lowest BCUT2D eigenvalue weighted by atomic mass is 9.83. The zero-order valence-electron chi connectivity index (χ0n) is 20.6. The predicted octanol–water partition coefficient (Wildman–Crippen LogP) is 7.70. The van der Waals surface area contributed by atoms with E-state index >= 15 is 0 Å². The van der Waals surface area contributed by atoms with Crippen molar-refractivity contribution in [3.63, 3.8) is 0 Å². The summed E-state index contributed by atoms with van der Waals surface area (Å²) in [7, 11) is 0. The fourth-order valence-corrected chi connectivity index (χ4v) is 5.14. The van der Waals surface area contributed by atoms with Crippen molar-refractivity contribution in [1.29, 1.82) is 0 Å². The summed E-state index contributed by atoms with van der Waals surface area (Å²) in [6.07, 6.45) is 9.16. The van der Waals surface area contributed by atoms with Gasteiger partial charge in [-0.25, -0.2) is 9.37 Å². The second kappa shape index (κ2) is 8.95. The summed E-state index contributed by atoms with van der Waals surface area (Å²) in [5.74, 6) is 0.299. The zero-order valence-corrected chi connectivity index (χ0v) is 20.6. The number of H-pyrrole nitrogens is 2. The first-order chi connectivity index (χ1) is 18.6. The number of allylic oxidation sites excluding steroid dienone is 1. The molecule has 6 nitrogen and oxygen atoms in total. The Morgan fingerprint density at radius 3 is 2.58 bits per heavy atom. The lowest BCUT2D eigenvalue weighted by Crippen LogP contribution is -2.18. The van der Waals surface area contributed by atoms with Gasteiger partial charge < -0.3 is 10.3 Å². The van der Waals surface area contributed by atoms with Gasteiger partial charge in [-0.2, -0.15) is 5.10 Å². The van der Waals surface area contributed by atoms with Crippen LogP contribution in [0.5, 0.6) is 0 Å². The van der Waals surface area contributed by atoms with Gasteiger partial charge in [0.05, 0.1) is 23.3 Å². The van der Waals surface area contributed by atoms with Gasteiger partial charge in [0.15, 0.2) is 5.65 Å². The first-order valence-corrected chi connectivity index (χ1v) is 12.8. The summed E-state index contributed by atoms with van der Waals surface area (Å²) in [5, 5.41) is 13.0. The second-order valence-electron chi connectivity index (χ2n) is 9.89. The number of hydrogen-bond donors (Lipinski definition) is 3. The van der Waals surface area contributed by atoms with Gasteiger partial charge in [0.25, 0.3) is 0 Å². The molecule has 6 aromatic rings. The molecule has 0 bridgehead atoms. The van der Waals surface area contributed by atoms with E-state index in [1.165, 1.54) is 31.4 Å².